The van der Waals surface area contributed by atoms with Gasteiger partial charge in [0.15, 0.2) is 0 Å². The van der Waals surface area contributed by atoms with Crippen LogP contribution in [0.1, 0.15) is 36.0 Å². The predicted octanol–water partition coefficient (Wildman–Crippen LogP) is 3.36. The van der Waals surface area contributed by atoms with Gasteiger partial charge in [-0.25, -0.2) is 0 Å². The number of amides is 1. The molecule has 0 heterocycles. The van der Waals surface area contributed by atoms with Gasteiger partial charge in [-0.2, -0.15) is 5.26 Å². The van der Waals surface area contributed by atoms with Gasteiger partial charge in [0.1, 0.15) is 6.54 Å². The van der Waals surface area contributed by atoms with E-state index in [0.29, 0.717) is 5.56 Å². The van der Waals surface area contributed by atoms with Gasteiger partial charge in [0.2, 0.25) is 0 Å². The van der Waals surface area contributed by atoms with Crippen LogP contribution in [-0.2, 0) is 0 Å². The molecule has 4 heteroatoms. The minimum Gasteiger partial charge on any atom is -0.322 e. The Kier molecular flexibility index (Phi) is 4.38. The van der Waals surface area contributed by atoms with E-state index in [2.05, 4.69) is 22.0 Å². The first kappa shape index (κ1) is 13.1. The van der Waals surface area contributed by atoms with E-state index in [1.54, 1.807) is 11.0 Å². The number of nitriles is 1. The van der Waals surface area contributed by atoms with Crippen molar-refractivity contribution >= 4 is 21.8 Å². The van der Waals surface area contributed by atoms with Crippen molar-refractivity contribution in [2.45, 2.75) is 31.7 Å². The lowest BCUT2D eigenvalue weighted by molar-refractivity contribution is 0.0708. The summed E-state index contributed by atoms with van der Waals surface area (Å²) in [6.07, 6.45) is 4.32. The van der Waals surface area contributed by atoms with Gasteiger partial charge >= 0.3 is 0 Å². The van der Waals surface area contributed by atoms with Crippen molar-refractivity contribution in [1.29, 1.82) is 5.26 Å². The number of nitrogens with zero attached hydrogens (tertiary/aromatic N) is 2. The van der Waals surface area contributed by atoms with Gasteiger partial charge < -0.3 is 4.90 Å². The predicted molar refractivity (Wildman–Crippen MR) is 73.0 cm³/mol. The molecule has 2 rings (SSSR count). The first-order valence-corrected chi connectivity index (χ1v) is 6.96. The van der Waals surface area contributed by atoms with Crippen molar-refractivity contribution in [2.75, 3.05) is 6.54 Å². The first-order chi connectivity index (χ1) is 8.74. The number of carbonyl (C=O) groups is 1. The summed E-state index contributed by atoms with van der Waals surface area (Å²) in [6, 6.07) is 9.71. The van der Waals surface area contributed by atoms with E-state index in [4.69, 9.17) is 5.26 Å². The molecule has 0 unspecified atom stereocenters. The van der Waals surface area contributed by atoms with E-state index in [1.807, 2.05) is 18.2 Å². The lowest BCUT2D eigenvalue weighted by atomic mass is 10.1. The molecule has 1 aliphatic rings. The van der Waals surface area contributed by atoms with Crippen LogP contribution in [-0.4, -0.2) is 23.4 Å². The zero-order chi connectivity index (χ0) is 13.0. The average molecular weight is 307 g/mol. The van der Waals surface area contributed by atoms with Crippen molar-refractivity contribution in [3.63, 3.8) is 0 Å². The molecular formula is C14H15BrN2O. The monoisotopic (exact) mass is 306 g/mol. The van der Waals surface area contributed by atoms with Gasteiger partial charge in [0, 0.05) is 10.5 Å². The summed E-state index contributed by atoms with van der Waals surface area (Å²) < 4.78 is 0.788. The third-order valence-electron chi connectivity index (χ3n) is 3.37. The van der Waals surface area contributed by atoms with Crippen LogP contribution in [0.25, 0.3) is 0 Å². The second-order valence-corrected chi connectivity index (χ2v) is 5.36. The van der Waals surface area contributed by atoms with E-state index in [0.717, 1.165) is 30.2 Å². The molecule has 0 atom stereocenters. The topological polar surface area (TPSA) is 44.1 Å². The fourth-order valence-electron chi connectivity index (χ4n) is 2.45. The molecule has 0 spiro atoms. The summed E-state index contributed by atoms with van der Waals surface area (Å²) in [7, 11) is 0. The van der Waals surface area contributed by atoms with Crippen molar-refractivity contribution < 1.29 is 4.79 Å². The van der Waals surface area contributed by atoms with Crippen LogP contribution in [0.5, 0.6) is 0 Å². The first-order valence-electron chi connectivity index (χ1n) is 6.16. The third kappa shape index (κ3) is 2.73. The van der Waals surface area contributed by atoms with Gasteiger partial charge in [-0.3, -0.25) is 4.79 Å². The molecule has 1 fully saturated rings. The number of hydrogen-bond donors (Lipinski definition) is 0. The number of carbonyl (C=O) groups excluding carboxylic acids is 1. The number of benzene rings is 1. The summed E-state index contributed by atoms with van der Waals surface area (Å²) in [5.74, 6) is -0.0454. The summed E-state index contributed by atoms with van der Waals surface area (Å²) in [4.78, 5) is 14.2. The lowest BCUT2D eigenvalue weighted by Crippen LogP contribution is -2.39. The molecule has 0 bridgehead atoms. The fraction of sp³-hybridized carbons (Fsp3) is 0.429. The molecule has 1 saturated carbocycles. The van der Waals surface area contributed by atoms with Crippen molar-refractivity contribution in [3.8, 4) is 6.07 Å². The Bertz CT molecular complexity index is 475. The molecule has 0 aliphatic heterocycles. The SMILES string of the molecule is N#CCN(C(=O)c1ccccc1Br)C1CCCC1. The number of halogens is 1. The molecule has 94 valence electrons. The molecule has 0 saturated heterocycles. The van der Waals surface area contributed by atoms with Crippen LogP contribution >= 0.6 is 15.9 Å². The summed E-state index contributed by atoms with van der Waals surface area (Å²) in [6.45, 7) is 0.171. The largest absolute Gasteiger partial charge is 0.322 e. The van der Waals surface area contributed by atoms with Gasteiger partial charge in [-0.15, -0.1) is 0 Å². The molecule has 0 N–H and O–H groups in total. The van der Waals surface area contributed by atoms with E-state index in [-0.39, 0.29) is 18.5 Å². The minimum atomic E-state index is -0.0454. The smallest absolute Gasteiger partial charge is 0.256 e. The molecule has 1 aromatic rings. The molecule has 1 aliphatic carbocycles. The quantitative estimate of drug-likeness (QED) is 0.804. The molecule has 0 radical (unpaired) electrons. The minimum absolute atomic E-state index is 0.0454. The van der Waals surface area contributed by atoms with Gasteiger partial charge in [0.25, 0.3) is 5.91 Å². The molecule has 1 amide bonds. The van der Waals surface area contributed by atoms with Crippen molar-refractivity contribution in [3.05, 3.63) is 34.3 Å². The Morgan fingerprint density at radius 1 is 1.39 bits per heavy atom. The summed E-state index contributed by atoms with van der Waals surface area (Å²) in [5, 5.41) is 8.91. The zero-order valence-electron chi connectivity index (χ0n) is 10.1. The Morgan fingerprint density at radius 2 is 2.06 bits per heavy atom. The van der Waals surface area contributed by atoms with Crippen molar-refractivity contribution in [2.24, 2.45) is 0 Å². The molecule has 18 heavy (non-hydrogen) atoms. The number of hydrogen-bond acceptors (Lipinski definition) is 2. The van der Waals surface area contributed by atoms with Gasteiger partial charge in [-0.05, 0) is 40.9 Å². The van der Waals surface area contributed by atoms with Crippen molar-refractivity contribution in [1.82, 2.24) is 4.90 Å². The van der Waals surface area contributed by atoms with Gasteiger partial charge in [0.05, 0.1) is 11.6 Å². The van der Waals surface area contributed by atoms with E-state index >= 15 is 0 Å². The highest BCUT2D eigenvalue weighted by molar-refractivity contribution is 9.10. The van der Waals surface area contributed by atoms with E-state index in [9.17, 15) is 4.79 Å². The van der Waals surface area contributed by atoms with Crippen LogP contribution in [0.15, 0.2) is 28.7 Å². The van der Waals surface area contributed by atoms with Crippen LogP contribution in [0.2, 0.25) is 0 Å². The normalized spacial score (nSPS) is 15.3. The third-order valence-corrected chi connectivity index (χ3v) is 4.06. The highest BCUT2D eigenvalue weighted by Gasteiger charge is 2.27. The van der Waals surface area contributed by atoms with Crippen LogP contribution in [0, 0.1) is 11.3 Å². The van der Waals surface area contributed by atoms with Gasteiger partial charge in [-0.1, -0.05) is 25.0 Å². The van der Waals surface area contributed by atoms with Crippen LogP contribution in [0.3, 0.4) is 0 Å². The van der Waals surface area contributed by atoms with Crippen LogP contribution < -0.4 is 0 Å². The summed E-state index contributed by atoms with van der Waals surface area (Å²) >= 11 is 3.39. The highest BCUT2D eigenvalue weighted by atomic mass is 79.9. The Labute approximate surface area is 116 Å². The molecule has 3 nitrogen and oxygen atoms in total. The highest BCUT2D eigenvalue weighted by Crippen LogP contribution is 2.26. The molecule has 1 aromatic carbocycles. The standard InChI is InChI=1S/C14H15BrN2O/c15-13-8-4-3-7-12(13)14(18)17(10-9-16)11-5-1-2-6-11/h3-4,7-8,11H,1-2,5-6,10H2. The molecule has 0 aromatic heterocycles. The van der Waals surface area contributed by atoms with Crippen LogP contribution in [0.4, 0.5) is 0 Å². The Morgan fingerprint density at radius 3 is 2.67 bits per heavy atom. The zero-order valence-corrected chi connectivity index (χ0v) is 11.7. The lowest BCUT2D eigenvalue weighted by Gasteiger charge is -2.26. The summed E-state index contributed by atoms with van der Waals surface area (Å²) in [5.41, 5.74) is 0.639. The maximum Gasteiger partial charge on any atom is 0.256 e. The second-order valence-electron chi connectivity index (χ2n) is 4.51. The molecular weight excluding hydrogens is 292 g/mol. The van der Waals surface area contributed by atoms with E-state index in [1.165, 1.54) is 0 Å². The maximum atomic E-state index is 12.5. The average Bonchev–Trinajstić information content (AvgIpc) is 2.89. The Hall–Kier alpha value is -1.34. The Balaban J connectivity index is 2.23. The number of rotatable bonds is 3. The van der Waals surface area contributed by atoms with E-state index < -0.39 is 0 Å². The fourth-order valence-corrected chi connectivity index (χ4v) is 2.90. The second kappa shape index (κ2) is 6.01. The maximum absolute atomic E-state index is 12.5.